The fraction of sp³-hybridized carbons (Fsp3) is 0.375. The van der Waals surface area contributed by atoms with E-state index in [0.29, 0.717) is 16.1 Å². The predicted molar refractivity (Wildman–Crippen MR) is 98.9 cm³/mol. The third-order valence-electron chi connectivity index (χ3n) is 4.07. The number of carbonyl (C=O) groups is 1. The van der Waals surface area contributed by atoms with Crippen molar-refractivity contribution in [1.29, 1.82) is 0 Å². The van der Waals surface area contributed by atoms with Crippen LogP contribution in [0.2, 0.25) is 5.02 Å². The molecule has 1 aromatic carbocycles. The quantitative estimate of drug-likeness (QED) is 0.839. The zero-order valence-corrected chi connectivity index (χ0v) is 14.9. The van der Waals surface area contributed by atoms with E-state index in [2.05, 4.69) is 10.3 Å². The van der Waals surface area contributed by atoms with E-state index in [9.17, 15) is 4.79 Å². The van der Waals surface area contributed by atoms with Gasteiger partial charge < -0.3 is 11.1 Å². The van der Waals surface area contributed by atoms with Gasteiger partial charge in [0.2, 0.25) is 0 Å². The molecule has 3 N–H and O–H groups in total. The molecule has 1 fully saturated rings. The molecule has 23 heavy (non-hydrogen) atoms. The predicted octanol–water partition coefficient (Wildman–Crippen LogP) is 3.73. The van der Waals surface area contributed by atoms with E-state index in [4.69, 9.17) is 17.3 Å². The van der Waals surface area contributed by atoms with Crippen molar-refractivity contribution in [2.45, 2.75) is 37.8 Å². The number of carbonyl (C=O) groups excluding carboxylic acids is 1. The lowest BCUT2D eigenvalue weighted by Crippen LogP contribution is -2.40. The van der Waals surface area contributed by atoms with Crippen LogP contribution in [0.25, 0.3) is 10.9 Å². The number of hydrogen-bond donors (Lipinski definition) is 2. The van der Waals surface area contributed by atoms with Crippen molar-refractivity contribution >= 4 is 53.2 Å². The highest BCUT2D eigenvalue weighted by molar-refractivity contribution is 6.36. The number of amides is 1. The summed E-state index contributed by atoms with van der Waals surface area (Å²) in [5.74, 6) is -0.0872. The van der Waals surface area contributed by atoms with Crippen molar-refractivity contribution in [2.75, 3.05) is 0 Å². The molecule has 3 rings (SSSR count). The summed E-state index contributed by atoms with van der Waals surface area (Å²) in [6, 6.07) is 7.65. The molecule has 0 spiro atoms. The number of nitrogens with one attached hydrogen (secondary N) is 1. The van der Waals surface area contributed by atoms with Crippen LogP contribution in [0.15, 0.2) is 30.5 Å². The van der Waals surface area contributed by atoms with Gasteiger partial charge in [0, 0.05) is 23.7 Å². The number of fused-ring (bicyclic) bond motifs is 1. The summed E-state index contributed by atoms with van der Waals surface area (Å²) < 4.78 is 0. The van der Waals surface area contributed by atoms with Crippen LogP contribution in [0.5, 0.6) is 0 Å². The van der Waals surface area contributed by atoms with Crippen LogP contribution in [0.1, 0.15) is 36.0 Å². The van der Waals surface area contributed by atoms with Gasteiger partial charge in [0.1, 0.15) is 0 Å². The van der Waals surface area contributed by atoms with Crippen molar-refractivity contribution in [1.82, 2.24) is 10.3 Å². The van der Waals surface area contributed by atoms with Crippen LogP contribution in [0.4, 0.5) is 0 Å². The highest BCUT2D eigenvalue weighted by atomic mass is 35.5. The van der Waals surface area contributed by atoms with Crippen LogP contribution in [0, 0.1) is 0 Å². The van der Waals surface area contributed by atoms with E-state index >= 15 is 0 Å². The maximum atomic E-state index is 12.5. The van der Waals surface area contributed by atoms with E-state index in [-0.39, 0.29) is 42.8 Å². The minimum absolute atomic E-state index is 0. The van der Waals surface area contributed by atoms with Crippen molar-refractivity contribution in [3.05, 3.63) is 41.0 Å². The first-order valence-electron chi connectivity index (χ1n) is 7.25. The lowest BCUT2D eigenvalue weighted by molar-refractivity contribution is 0.0927. The van der Waals surface area contributed by atoms with Gasteiger partial charge in [-0.3, -0.25) is 9.78 Å². The maximum Gasteiger partial charge on any atom is 0.253 e. The van der Waals surface area contributed by atoms with E-state index in [1.54, 1.807) is 18.3 Å². The average molecular weight is 377 g/mol. The van der Waals surface area contributed by atoms with E-state index in [1.165, 1.54) is 0 Å². The van der Waals surface area contributed by atoms with Crippen LogP contribution in [-0.2, 0) is 0 Å². The number of benzene rings is 1. The molecule has 1 aliphatic rings. The van der Waals surface area contributed by atoms with Crippen molar-refractivity contribution in [3.8, 4) is 0 Å². The molecular formula is C16H20Cl3N3O. The van der Waals surface area contributed by atoms with Crippen molar-refractivity contribution < 1.29 is 4.79 Å². The van der Waals surface area contributed by atoms with Gasteiger partial charge in [-0.25, -0.2) is 0 Å². The minimum Gasteiger partial charge on any atom is -0.349 e. The Balaban J connectivity index is 0.00000132. The number of aromatic nitrogens is 1. The lowest BCUT2D eigenvalue weighted by atomic mass is 9.91. The van der Waals surface area contributed by atoms with Gasteiger partial charge >= 0.3 is 0 Å². The first-order chi connectivity index (χ1) is 10.1. The Morgan fingerprint density at radius 2 is 1.87 bits per heavy atom. The summed E-state index contributed by atoms with van der Waals surface area (Å²) >= 11 is 6.16. The monoisotopic (exact) mass is 375 g/mol. The van der Waals surface area contributed by atoms with Gasteiger partial charge in [0.15, 0.2) is 0 Å². The summed E-state index contributed by atoms with van der Waals surface area (Å²) in [4.78, 5) is 16.8. The zero-order chi connectivity index (χ0) is 14.8. The fourth-order valence-electron chi connectivity index (χ4n) is 2.85. The van der Waals surface area contributed by atoms with Gasteiger partial charge in [0.05, 0.1) is 16.1 Å². The number of halogens is 3. The fourth-order valence-corrected chi connectivity index (χ4v) is 3.06. The highest BCUT2D eigenvalue weighted by Crippen LogP contribution is 2.25. The second kappa shape index (κ2) is 8.69. The molecule has 2 aromatic rings. The molecule has 7 heteroatoms. The van der Waals surface area contributed by atoms with Gasteiger partial charge in [-0.2, -0.15) is 0 Å². The van der Waals surface area contributed by atoms with Crippen LogP contribution in [-0.4, -0.2) is 23.0 Å². The molecule has 0 aliphatic heterocycles. The smallest absolute Gasteiger partial charge is 0.253 e. The number of rotatable bonds is 2. The molecule has 1 amide bonds. The largest absolute Gasteiger partial charge is 0.349 e. The normalized spacial score (nSPS) is 20.3. The number of nitrogens with zero attached hydrogens (tertiary/aromatic N) is 1. The Labute approximate surface area is 153 Å². The summed E-state index contributed by atoms with van der Waals surface area (Å²) in [6.45, 7) is 0. The Morgan fingerprint density at radius 1 is 1.17 bits per heavy atom. The topological polar surface area (TPSA) is 68.0 Å². The van der Waals surface area contributed by atoms with Crippen molar-refractivity contribution in [2.24, 2.45) is 5.73 Å². The highest BCUT2D eigenvalue weighted by Gasteiger charge is 2.21. The zero-order valence-electron chi connectivity index (χ0n) is 12.5. The molecule has 4 nitrogen and oxygen atoms in total. The third-order valence-corrected chi connectivity index (χ3v) is 4.40. The Bertz CT molecular complexity index is 673. The Morgan fingerprint density at radius 3 is 2.57 bits per heavy atom. The summed E-state index contributed by atoms with van der Waals surface area (Å²) in [5.41, 5.74) is 7.11. The molecule has 0 bridgehead atoms. The molecule has 1 aromatic heterocycles. The van der Waals surface area contributed by atoms with Crippen molar-refractivity contribution in [3.63, 3.8) is 0 Å². The van der Waals surface area contributed by atoms with Gasteiger partial charge in [0.25, 0.3) is 5.91 Å². The second-order valence-corrected chi connectivity index (χ2v) is 5.99. The number of hydrogen-bond acceptors (Lipinski definition) is 3. The Hall–Kier alpha value is -1.07. The average Bonchev–Trinajstić information content (AvgIpc) is 2.50. The molecule has 1 saturated carbocycles. The van der Waals surface area contributed by atoms with Gasteiger partial charge in [-0.1, -0.05) is 11.6 Å². The number of nitrogens with two attached hydrogens (primary N) is 1. The van der Waals surface area contributed by atoms with E-state index < -0.39 is 0 Å². The first kappa shape index (κ1) is 20.0. The minimum atomic E-state index is -0.0872. The molecule has 0 unspecified atom stereocenters. The van der Waals surface area contributed by atoms with E-state index in [0.717, 1.165) is 31.1 Å². The molecule has 1 aliphatic carbocycles. The molecule has 0 radical (unpaired) electrons. The first-order valence-corrected chi connectivity index (χ1v) is 7.62. The van der Waals surface area contributed by atoms with Gasteiger partial charge in [-0.05, 0) is 49.9 Å². The summed E-state index contributed by atoms with van der Waals surface area (Å²) in [5, 5.41) is 4.50. The third kappa shape index (κ3) is 4.48. The standard InChI is InChI=1S/C16H18ClN3O.2ClH/c17-14-8-7-13(15-12(14)2-1-9-19-15)16(21)20-11-5-3-10(18)4-6-11;;/h1-2,7-11H,3-6,18H2,(H,20,21);2*1H. The van der Waals surface area contributed by atoms with Crippen LogP contribution in [0.3, 0.4) is 0 Å². The van der Waals surface area contributed by atoms with E-state index in [1.807, 2.05) is 12.1 Å². The number of pyridine rings is 1. The van der Waals surface area contributed by atoms with Gasteiger partial charge in [-0.15, -0.1) is 24.8 Å². The Kier molecular flexibility index (Phi) is 7.55. The van der Waals surface area contributed by atoms with Crippen LogP contribution >= 0.6 is 36.4 Å². The molecule has 0 atom stereocenters. The lowest BCUT2D eigenvalue weighted by Gasteiger charge is -2.26. The SMILES string of the molecule is Cl.Cl.NC1CCC(NC(=O)c2ccc(Cl)c3cccnc23)CC1. The molecule has 1 heterocycles. The molecule has 0 saturated heterocycles. The summed E-state index contributed by atoms with van der Waals surface area (Å²) in [7, 11) is 0. The summed E-state index contributed by atoms with van der Waals surface area (Å²) in [6.07, 6.45) is 5.47. The molecular weight excluding hydrogens is 357 g/mol. The second-order valence-electron chi connectivity index (χ2n) is 5.58. The maximum absolute atomic E-state index is 12.5. The van der Waals surface area contributed by atoms with Crippen LogP contribution < -0.4 is 11.1 Å². The molecule has 126 valence electrons.